The molecule has 0 radical (unpaired) electrons. The van der Waals surface area contributed by atoms with Crippen LogP contribution in [0.5, 0.6) is 0 Å². The zero-order valence-electron chi connectivity index (χ0n) is 11.0. The van der Waals surface area contributed by atoms with Gasteiger partial charge in [0.1, 0.15) is 11.7 Å². The van der Waals surface area contributed by atoms with Crippen LogP contribution < -0.4 is 0 Å². The SMILES string of the molecule is CCOC(=O)N1CCCC1C(C(C)=O)C(=O)OC. The van der Waals surface area contributed by atoms with Crippen molar-refractivity contribution in [2.24, 2.45) is 5.92 Å². The van der Waals surface area contributed by atoms with Crippen LogP contribution in [0.1, 0.15) is 26.7 Å². The Kier molecular flexibility index (Phi) is 5.12. The van der Waals surface area contributed by atoms with Crippen LogP contribution in [0.25, 0.3) is 0 Å². The number of rotatable bonds is 4. The fourth-order valence-electron chi connectivity index (χ4n) is 2.29. The van der Waals surface area contributed by atoms with E-state index in [1.54, 1.807) is 6.92 Å². The van der Waals surface area contributed by atoms with Gasteiger partial charge in [-0.15, -0.1) is 0 Å². The van der Waals surface area contributed by atoms with Gasteiger partial charge in [0.15, 0.2) is 0 Å². The van der Waals surface area contributed by atoms with E-state index in [0.29, 0.717) is 13.0 Å². The number of esters is 1. The molecule has 0 aromatic carbocycles. The van der Waals surface area contributed by atoms with Crippen molar-refractivity contribution in [2.75, 3.05) is 20.3 Å². The fourth-order valence-corrected chi connectivity index (χ4v) is 2.29. The highest BCUT2D eigenvalue weighted by Gasteiger charge is 2.42. The summed E-state index contributed by atoms with van der Waals surface area (Å²) in [6.07, 6.45) is 0.887. The number of amides is 1. The molecule has 18 heavy (non-hydrogen) atoms. The third-order valence-electron chi connectivity index (χ3n) is 3.08. The molecule has 1 aliphatic rings. The van der Waals surface area contributed by atoms with Gasteiger partial charge in [-0.25, -0.2) is 4.79 Å². The molecule has 6 heteroatoms. The number of Topliss-reactive ketones (excluding diaryl/α,β-unsaturated/α-hetero) is 1. The third-order valence-corrected chi connectivity index (χ3v) is 3.08. The van der Waals surface area contributed by atoms with Crippen molar-refractivity contribution in [3.05, 3.63) is 0 Å². The molecular formula is C12H19NO5. The Hall–Kier alpha value is -1.59. The lowest BCUT2D eigenvalue weighted by molar-refractivity contribution is -0.151. The van der Waals surface area contributed by atoms with Crippen LogP contribution in [0.2, 0.25) is 0 Å². The molecular weight excluding hydrogens is 238 g/mol. The Bertz CT molecular complexity index is 341. The lowest BCUT2D eigenvalue weighted by Gasteiger charge is -2.27. The largest absolute Gasteiger partial charge is 0.468 e. The topological polar surface area (TPSA) is 72.9 Å². The predicted octanol–water partition coefficient (Wildman–Crippen LogP) is 0.986. The number of carbonyl (C=O) groups excluding carboxylic acids is 3. The van der Waals surface area contributed by atoms with Crippen molar-refractivity contribution in [1.82, 2.24) is 4.90 Å². The minimum Gasteiger partial charge on any atom is -0.468 e. The standard InChI is InChI=1S/C12H19NO5/c1-4-18-12(16)13-7-5-6-9(13)10(8(2)14)11(15)17-3/h9-10H,4-7H2,1-3H3. The molecule has 1 amide bonds. The first kappa shape index (κ1) is 14.5. The summed E-state index contributed by atoms with van der Waals surface area (Å²) in [5, 5.41) is 0. The smallest absolute Gasteiger partial charge is 0.410 e. The van der Waals surface area contributed by atoms with E-state index >= 15 is 0 Å². The number of likely N-dealkylation sites (tertiary alicyclic amines) is 1. The van der Waals surface area contributed by atoms with Crippen molar-refractivity contribution < 1.29 is 23.9 Å². The summed E-state index contributed by atoms with van der Waals surface area (Å²) in [7, 11) is 1.24. The lowest BCUT2D eigenvalue weighted by Crippen LogP contribution is -2.46. The molecule has 1 heterocycles. The quantitative estimate of drug-likeness (QED) is 0.554. The van der Waals surface area contributed by atoms with Crippen LogP contribution >= 0.6 is 0 Å². The fraction of sp³-hybridized carbons (Fsp3) is 0.750. The molecule has 0 aromatic rings. The van der Waals surface area contributed by atoms with Gasteiger partial charge in [0, 0.05) is 6.54 Å². The number of ether oxygens (including phenoxy) is 2. The average molecular weight is 257 g/mol. The molecule has 0 N–H and O–H groups in total. The number of carbonyl (C=O) groups is 3. The molecule has 0 spiro atoms. The van der Waals surface area contributed by atoms with E-state index in [1.165, 1.54) is 18.9 Å². The average Bonchev–Trinajstić information content (AvgIpc) is 2.77. The zero-order valence-corrected chi connectivity index (χ0v) is 11.0. The Morgan fingerprint density at radius 2 is 2.06 bits per heavy atom. The molecule has 2 atom stereocenters. The molecule has 1 rings (SSSR count). The summed E-state index contributed by atoms with van der Waals surface area (Å²) in [5.74, 6) is -1.80. The summed E-state index contributed by atoms with van der Waals surface area (Å²) in [6, 6.07) is -0.450. The van der Waals surface area contributed by atoms with E-state index in [9.17, 15) is 14.4 Å². The molecule has 0 aromatic heterocycles. The van der Waals surface area contributed by atoms with Crippen molar-refractivity contribution in [3.8, 4) is 0 Å². The molecule has 1 aliphatic heterocycles. The van der Waals surface area contributed by atoms with E-state index in [1.807, 2.05) is 0 Å². The Labute approximate surface area is 106 Å². The van der Waals surface area contributed by atoms with E-state index in [-0.39, 0.29) is 12.4 Å². The van der Waals surface area contributed by atoms with Crippen molar-refractivity contribution in [1.29, 1.82) is 0 Å². The molecule has 0 saturated carbocycles. The first-order valence-electron chi connectivity index (χ1n) is 6.04. The lowest BCUT2D eigenvalue weighted by atomic mass is 9.94. The highest BCUT2D eigenvalue weighted by atomic mass is 16.6. The molecule has 102 valence electrons. The van der Waals surface area contributed by atoms with Crippen LogP contribution in [-0.2, 0) is 19.1 Å². The number of hydrogen-bond donors (Lipinski definition) is 0. The normalized spacial score (nSPS) is 20.4. The number of nitrogens with zero attached hydrogens (tertiary/aromatic N) is 1. The monoisotopic (exact) mass is 257 g/mol. The van der Waals surface area contributed by atoms with Gasteiger partial charge in [0.2, 0.25) is 0 Å². The van der Waals surface area contributed by atoms with E-state index in [2.05, 4.69) is 4.74 Å². The Morgan fingerprint density at radius 3 is 2.56 bits per heavy atom. The second-order valence-electron chi connectivity index (χ2n) is 4.21. The number of ketones is 1. The van der Waals surface area contributed by atoms with E-state index < -0.39 is 24.0 Å². The summed E-state index contributed by atoms with van der Waals surface area (Å²) in [4.78, 5) is 36.4. The van der Waals surface area contributed by atoms with E-state index in [0.717, 1.165) is 6.42 Å². The maximum Gasteiger partial charge on any atom is 0.410 e. The van der Waals surface area contributed by atoms with Gasteiger partial charge in [-0.05, 0) is 26.7 Å². The van der Waals surface area contributed by atoms with Gasteiger partial charge in [0.05, 0.1) is 19.8 Å². The molecule has 2 unspecified atom stereocenters. The first-order valence-corrected chi connectivity index (χ1v) is 6.04. The summed E-state index contributed by atoms with van der Waals surface area (Å²) < 4.78 is 9.56. The van der Waals surface area contributed by atoms with Gasteiger partial charge in [-0.1, -0.05) is 0 Å². The first-order chi connectivity index (χ1) is 8.52. The Morgan fingerprint density at radius 1 is 1.39 bits per heavy atom. The molecule has 6 nitrogen and oxygen atoms in total. The number of methoxy groups -OCH3 is 1. The van der Waals surface area contributed by atoms with Crippen molar-refractivity contribution in [3.63, 3.8) is 0 Å². The maximum absolute atomic E-state index is 11.7. The highest BCUT2D eigenvalue weighted by Crippen LogP contribution is 2.26. The molecule has 0 aliphatic carbocycles. The third kappa shape index (κ3) is 3.00. The van der Waals surface area contributed by atoms with Gasteiger partial charge in [-0.3, -0.25) is 9.59 Å². The second-order valence-corrected chi connectivity index (χ2v) is 4.21. The predicted molar refractivity (Wildman–Crippen MR) is 62.9 cm³/mol. The second kappa shape index (κ2) is 6.37. The van der Waals surface area contributed by atoms with Crippen LogP contribution in [0.15, 0.2) is 0 Å². The summed E-state index contributed by atoms with van der Waals surface area (Å²) >= 11 is 0. The van der Waals surface area contributed by atoms with E-state index in [4.69, 9.17) is 4.74 Å². The molecule has 1 saturated heterocycles. The van der Waals surface area contributed by atoms with Gasteiger partial charge in [-0.2, -0.15) is 0 Å². The van der Waals surface area contributed by atoms with Crippen LogP contribution in [0.4, 0.5) is 4.79 Å². The molecule has 0 bridgehead atoms. The number of hydrogen-bond acceptors (Lipinski definition) is 5. The van der Waals surface area contributed by atoms with Crippen LogP contribution in [0.3, 0.4) is 0 Å². The minimum absolute atomic E-state index is 0.269. The van der Waals surface area contributed by atoms with Gasteiger partial charge in [0.25, 0.3) is 0 Å². The summed E-state index contributed by atoms with van der Waals surface area (Å²) in [6.45, 7) is 3.82. The maximum atomic E-state index is 11.7. The Balaban J connectivity index is 2.86. The molecule has 1 fully saturated rings. The van der Waals surface area contributed by atoms with Crippen molar-refractivity contribution in [2.45, 2.75) is 32.7 Å². The zero-order chi connectivity index (χ0) is 13.7. The van der Waals surface area contributed by atoms with Gasteiger partial charge < -0.3 is 14.4 Å². The van der Waals surface area contributed by atoms with Gasteiger partial charge >= 0.3 is 12.1 Å². The van der Waals surface area contributed by atoms with Crippen molar-refractivity contribution >= 4 is 17.8 Å². The summed E-state index contributed by atoms with van der Waals surface area (Å²) in [5.41, 5.74) is 0. The highest BCUT2D eigenvalue weighted by molar-refractivity contribution is 5.99. The van der Waals surface area contributed by atoms with Crippen LogP contribution in [0, 0.1) is 5.92 Å². The minimum atomic E-state index is -0.915. The van der Waals surface area contributed by atoms with Crippen LogP contribution in [-0.4, -0.2) is 49.0 Å².